The van der Waals surface area contributed by atoms with E-state index in [0.717, 1.165) is 49.5 Å². The molecule has 1 amide bonds. The van der Waals surface area contributed by atoms with Crippen molar-refractivity contribution in [3.05, 3.63) is 59.7 Å². The van der Waals surface area contributed by atoms with Gasteiger partial charge in [0, 0.05) is 31.7 Å². The van der Waals surface area contributed by atoms with Crippen LogP contribution in [0.4, 0.5) is 5.69 Å². The topological polar surface area (TPSA) is 61.8 Å². The predicted molar refractivity (Wildman–Crippen MR) is 107 cm³/mol. The number of aliphatic hydroxyl groups is 1. The number of carbonyl (C=O) groups excluding carboxylic acids is 1. The molecule has 2 aromatic carbocycles. The van der Waals surface area contributed by atoms with Crippen LogP contribution in [0.15, 0.2) is 48.5 Å². The molecular weight excluding hydrogens is 340 g/mol. The Kier molecular flexibility index (Phi) is 6.85. The molecule has 0 aromatic heterocycles. The maximum Gasteiger partial charge on any atom is 0.224 e. The molecule has 5 nitrogen and oxygen atoms in total. The molecule has 3 rings (SSSR count). The molecule has 2 N–H and O–H groups in total. The highest BCUT2D eigenvalue weighted by atomic mass is 16.5. The molecule has 1 fully saturated rings. The van der Waals surface area contributed by atoms with Gasteiger partial charge >= 0.3 is 0 Å². The number of likely N-dealkylation sites (tertiary alicyclic amines) is 1. The number of aliphatic hydroxyl groups excluding tert-OH is 1. The van der Waals surface area contributed by atoms with Crippen LogP contribution in [0.5, 0.6) is 5.75 Å². The lowest BCUT2D eigenvalue weighted by molar-refractivity contribution is -0.116. The SMILES string of the molecule is COc1ccccc1CCC(=O)Nc1ccc(CN2CCC(O)CC2)cc1. The molecule has 0 atom stereocenters. The van der Waals surface area contributed by atoms with E-state index in [-0.39, 0.29) is 12.0 Å². The van der Waals surface area contributed by atoms with Gasteiger partial charge in [0.05, 0.1) is 13.2 Å². The number of aryl methyl sites for hydroxylation is 1. The van der Waals surface area contributed by atoms with Crippen LogP contribution in [-0.4, -0.2) is 42.2 Å². The second-order valence-corrected chi connectivity index (χ2v) is 7.06. The number of carbonyl (C=O) groups is 1. The van der Waals surface area contributed by atoms with E-state index in [1.54, 1.807) is 7.11 Å². The molecule has 0 spiro atoms. The normalized spacial score (nSPS) is 15.5. The molecule has 0 unspecified atom stereocenters. The highest BCUT2D eigenvalue weighted by molar-refractivity contribution is 5.90. The summed E-state index contributed by atoms with van der Waals surface area (Å²) < 4.78 is 5.33. The number of hydrogen-bond donors (Lipinski definition) is 2. The zero-order valence-corrected chi connectivity index (χ0v) is 15.9. The highest BCUT2D eigenvalue weighted by Crippen LogP contribution is 2.20. The molecule has 0 aliphatic carbocycles. The number of methoxy groups -OCH3 is 1. The van der Waals surface area contributed by atoms with Crippen LogP contribution in [0, 0.1) is 0 Å². The summed E-state index contributed by atoms with van der Waals surface area (Å²) in [4.78, 5) is 14.6. The molecule has 1 heterocycles. The van der Waals surface area contributed by atoms with E-state index < -0.39 is 0 Å². The summed E-state index contributed by atoms with van der Waals surface area (Å²) in [7, 11) is 1.65. The van der Waals surface area contributed by atoms with Gasteiger partial charge in [0.1, 0.15) is 5.75 Å². The van der Waals surface area contributed by atoms with Crippen molar-refractivity contribution >= 4 is 11.6 Å². The fraction of sp³-hybridized carbons (Fsp3) is 0.409. The van der Waals surface area contributed by atoms with Crippen molar-refractivity contribution in [2.24, 2.45) is 0 Å². The fourth-order valence-corrected chi connectivity index (χ4v) is 3.41. The van der Waals surface area contributed by atoms with Crippen LogP contribution in [-0.2, 0) is 17.8 Å². The lowest BCUT2D eigenvalue weighted by Gasteiger charge is -2.29. The Balaban J connectivity index is 1.47. The minimum atomic E-state index is -0.144. The highest BCUT2D eigenvalue weighted by Gasteiger charge is 2.16. The minimum Gasteiger partial charge on any atom is -0.496 e. The largest absolute Gasteiger partial charge is 0.496 e. The van der Waals surface area contributed by atoms with Crippen LogP contribution in [0.25, 0.3) is 0 Å². The number of nitrogens with zero attached hydrogens (tertiary/aromatic N) is 1. The first kappa shape index (κ1) is 19.4. The average Bonchev–Trinajstić information content (AvgIpc) is 2.70. The molecule has 1 saturated heterocycles. The van der Waals surface area contributed by atoms with Crippen LogP contribution in [0.2, 0.25) is 0 Å². The number of piperidine rings is 1. The van der Waals surface area contributed by atoms with Crippen LogP contribution >= 0.6 is 0 Å². The van der Waals surface area contributed by atoms with Gasteiger partial charge in [-0.3, -0.25) is 9.69 Å². The second-order valence-electron chi connectivity index (χ2n) is 7.06. The van der Waals surface area contributed by atoms with Crippen LogP contribution in [0.3, 0.4) is 0 Å². The predicted octanol–water partition coefficient (Wildman–Crippen LogP) is 3.22. The van der Waals surface area contributed by atoms with Crippen molar-refractivity contribution in [2.45, 2.75) is 38.3 Å². The number of hydrogen-bond acceptors (Lipinski definition) is 4. The third-order valence-electron chi connectivity index (χ3n) is 5.01. The number of ether oxygens (including phenoxy) is 1. The van der Waals surface area contributed by atoms with E-state index in [1.165, 1.54) is 5.56 Å². The maximum atomic E-state index is 12.2. The number of nitrogens with one attached hydrogen (secondary N) is 1. The third kappa shape index (κ3) is 5.81. The number of rotatable bonds is 7. The molecule has 27 heavy (non-hydrogen) atoms. The van der Waals surface area contributed by atoms with Crippen LogP contribution < -0.4 is 10.1 Å². The van der Waals surface area contributed by atoms with E-state index in [0.29, 0.717) is 12.8 Å². The third-order valence-corrected chi connectivity index (χ3v) is 5.01. The first-order valence-electron chi connectivity index (χ1n) is 9.55. The molecule has 0 saturated carbocycles. The Labute approximate surface area is 161 Å². The standard InChI is InChI=1S/C22H28N2O3/c1-27-21-5-3-2-4-18(21)8-11-22(26)23-19-9-6-17(7-10-19)16-24-14-12-20(25)13-15-24/h2-7,9-10,20,25H,8,11-16H2,1H3,(H,23,26). The second kappa shape index (κ2) is 9.53. The summed E-state index contributed by atoms with van der Waals surface area (Å²) in [6.45, 7) is 2.75. The molecule has 0 radical (unpaired) electrons. The number of para-hydroxylation sites is 1. The average molecular weight is 368 g/mol. The van der Waals surface area contributed by atoms with Crippen molar-refractivity contribution in [3.63, 3.8) is 0 Å². The van der Waals surface area contributed by atoms with Gasteiger partial charge in [0.25, 0.3) is 0 Å². The molecule has 1 aliphatic rings. The Morgan fingerprint density at radius 3 is 2.56 bits per heavy atom. The van der Waals surface area contributed by atoms with Crippen molar-refractivity contribution in [1.82, 2.24) is 4.90 Å². The Bertz CT molecular complexity index is 737. The zero-order valence-electron chi connectivity index (χ0n) is 15.9. The van der Waals surface area contributed by atoms with Gasteiger partial charge in [-0.15, -0.1) is 0 Å². The molecule has 5 heteroatoms. The van der Waals surface area contributed by atoms with Crippen LogP contribution in [0.1, 0.15) is 30.4 Å². The van der Waals surface area contributed by atoms with Gasteiger partial charge in [-0.25, -0.2) is 0 Å². The van der Waals surface area contributed by atoms with Gasteiger partial charge in [-0.2, -0.15) is 0 Å². The maximum absolute atomic E-state index is 12.2. The van der Waals surface area contributed by atoms with Gasteiger partial charge in [0.15, 0.2) is 0 Å². The summed E-state index contributed by atoms with van der Waals surface area (Å²) in [5.41, 5.74) is 3.08. The Morgan fingerprint density at radius 2 is 1.85 bits per heavy atom. The molecular formula is C22H28N2O3. The molecule has 2 aromatic rings. The Morgan fingerprint density at radius 1 is 1.15 bits per heavy atom. The summed E-state index contributed by atoms with van der Waals surface area (Å²) in [6.07, 6.45) is 2.61. The lowest BCUT2D eigenvalue weighted by Crippen LogP contribution is -2.35. The van der Waals surface area contributed by atoms with Crippen molar-refractivity contribution in [1.29, 1.82) is 0 Å². The van der Waals surface area contributed by atoms with E-state index in [4.69, 9.17) is 4.74 Å². The van der Waals surface area contributed by atoms with Gasteiger partial charge < -0.3 is 15.2 Å². The van der Waals surface area contributed by atoms with Gasteiger partial charge in [-0.05, 0) is 48.6 Å². The first-order chi connectivity index (χ1) is 13.1. The van der Waals surface area contributed by atoms with E-state index in [9.17, 15) is 9.90 Å². The van der Waals surface area contributed by atoms with Crippen molar-refractivity contribution < 1.29 is 14.6 Å². The van der Waals surface area contributed by atoms with E-state index in [2.05, 4.69) is 22.3 Å². The summed E-state index contributed by atoms with van der Waals surface area (Å²) >= 11 is 0. The van der Waals surface area contributed by atoms with E-state index in [1.807, 2.05) is 36.4 Å². The smallest absolute Gasteiger partial charge is 0.224 e. The summed E-state index contributed by atoms with van der Waals surface area (Å²) in [5, 5.41) is 12.5. The zero-order chi connectivity index (χ0) is 19.1. The summed E-state index contributed by atoms with van der Waals surface area (Å²) in [6, 6.07) is 15.8. The van der Waals surface area contributed by atoms with Gasteiger partial charge in [-0.1, -0.05) is 30.3 Å². The van der Waals surface area contributed by atoms with E-state index >= 15 is 0 Å². The monoisotopic (exact) mass is 368 g/mol. The number of amides is 1. The number of anilines is 1. The number of benzene rings is 2. The molecule has 144 valence electrons. The molecule has 1 aliphatic heterocycles. The minimum absolute atomic E-state index is 0.00123. The van der Waals surface area contributed by atoms with Crippen molar-refractivity contribution in [3.8, 4) is 5.75 Å². The Hall–Kier alpha value is -2.37. The first-order valence-corrected chi connectivity index (χ1v) is 9.55. The van der Waals surface area contributed by atoms with Gasteiger partial charge in [0.2, 0.25) is 5.91 Å². The quantitative estimate of drug-likeness (QED) is 0.788. The fourth-order valence-electron chi connectivity index (χ4n) is 3.41. The molecule has 0 bridgehead atoms. The lowest BCUT2D eigenvalue weighted by atomic mass is 10.1. The summed E-state index contributed by atoms with van der Waals surface area (Å²) in [5.74, 6) is 0.818. The van der Waals surface area contributed by atoms with Crippen molar-refractivity contribution in [2.75, 3.05) is 25.5 Å².